The zero-order chi connectivity index (χ0) is 15.1. The van der Waals surface area contributed by atoms with Gasteiger partial charge in [0.05, 0.1) is 12.6 Å². The number of anilines is 1. The maximum Gasteiger partial charge on any atom is 0.127 e. The van der Waals surface area contributed by atoms with Crippen molar-refractivity contribution in [3.8, 4) is 16.9 Å². The van der Waals surface area contributed by atoms with Gasteiger partial charge in [-0.25, -0.2) is 0 Å². The van der Waals surface area contributed by atoms with Crippen LogP contribution in [0, 0.1) is 6.92 Å². The summed E-state index contributed by atoms with van der Waals surface area (Å²) in [6.07, 6.45) is 1.04. The van der Waals surface area contributed by atoms with E-state index in [0.29, 0.717) is 0 Å². The van der Waals surface area contributed by atoms with Gasteiger partial charge in [-0.15, -0.1) is 0 Å². The normalized spacial score (nSPS) is 13.0. The average Bonchev–Trinajstić information content (AvgIpc) is 3.05. The summed E-state index contributed by atoms with van der Waals surface area (Å²) in [5, 5.41) is 4.72. The summed E-state index contributed by atoms with van der Waals surface area (Å²) in [7, 11) is 1.73. The van der Waals surface area contributed by atoms with Crippen LogP contribution in [0.15, 0.2) is 42.5 Å². The molecule has 110 valence electrons. The second kappa shape index (κ2) is 5.02. The van der Waals surface area contributed by atoms with Crippen molar-refractivity contribution in [3.05, 3.63) is 53.7 Å². The van der Waals surface area contributed by atoms with Crippen molar-refractivity contribution in [2.75, 3.05) is 19.0 Å². The van der Waals surface area contributed by atoms with Gasteiger partial charge in [0.1, 0.15) is 5.75 Å². The molecule has 3 aromatic rings. The third-order valence-electron chi connectivity index (χ3n) is 4.38. The first kappa shape index (κ1) is 13.1. The molecule has 0 spiro atoms. The van der Waals surface area contributed by atoms with E-state index in [1.54, 1.807) is 7.11 Å². The monoisotopic (exact) mass is 290 g/mol. The van der Waals surface area contributed by atoms with E-state index in [-0.39, 0.29) is 0 Å². The van der Waals surface area contributed by atoms with E-state index >= 15 is 0 Å². The van der Waals surface area contributed by atoms with Gasteiger partial charge in [0, 0.05) is 28.9 Å². The highest BCUT2D eigenvalue weighted by atomic mass is 16.5. The van der Waals surface area contributed by atoms with Gasteiger partial charge in [-0.3, -0.25) is 4.98 Å². The van der Waals surface area contributed by atoms with Gasteiger partial charge < -0.3 is 10.1 Å². The lowest BCUT2D eigenvalue weighted by Crippen LogP contribution is -1.97. The van der Waals surface area contributed by atoms with E-state index in [1.807, 2.05) is 18.2 Å². The summed E-state index contributed by atoms with van der Waals surface area (Å²) < 4.78 is 5.64. The third kappa shape index (κ3) is 1.86. The molecule has 4 rings (SSSR count). The minimum Gasteiger partial charge on any atom is -0.496 e. The fraction of sp³-hybridized carbons (Fsp3) is 0.211. The van der Waals surface area contributed by atoms with Crippen LogP contribution in [0.25, 0.3) is 22.0 Å². The molecule has 0 amide bonds. The number of nitrogens with zero attached hydrogens (tertiary/aromatic N) is 1. The minimum atomic E-state index is 0.889. The second-order valence-electron chi connectivity index (χ2n) is 5.63. The number of rotatable bonds is 2. The molecule has 0 unspecified atom stereocenters. The lowest BCUT2D eigenvalue weighted by Gasteiger charge is -2.16. The standard InChI is InChI=1S/C19H18N2O/c1-12-14-10-11-20-19(14)18-15(21-12)8-9-16(22-2)17(18)13-6-4-3-5-7-13/h3-9,20H,10-11H2,1-2H3. The Morgan fingerprint density at radius 3 is 2.68 bits per heavy atom. The Morgan fingerprint density at radius 2 is 1.91 bits per heavy atom. The van der Waals surface area contributed by atoms with E-state index in [0.717, 1.165) is 41.1 Å². The largest absolute Gasteiger partial charge is 0.496 e. The predicted molar refractivity (Wildman–Crippen MR) is 90.7 cm³/mol. The summed E-state index contributed by atoms with van der Waals surface area (Å²) in [5.41, 5.74) is 6.98. The molecule has 0 aliphatic carbocycles. The fourth-order valence-electron chi connectivity index (χ4n) is 3.37. The van der Waals surface area contributed by atoms with E-state index in [2.05, 4.69) is 36.5 Å². The number of benzene rings is 2. The number of aryl methyl sites for hydroxylation is 1. The molecule has 1 N–H and O–H groups in total. The first-order valence-corrected chi connectivity index (χ1v) is 7.59. The molecule has 1 aliphatic rings. The number of nitrogens with one attached hydrogen (secondary N) is 1. The van der Waals surface area contributed by atoms with Crippen molar-refractivity contribution in [2.45, 2.75) is 13.3 Å². The van der Waals surface area contributed by atoms with Crippen molar-refractivity contribution in [3.63, 3.8) is 0 Å². The molecular weight excluding hydrogens is 272 g/mol. The molecule has 0 saturated carbocycles. The molecule has 0 radical (unpaired) electrons. The molecule has 0 saturated heterocycles. The Bertz CT molecular complexity index is 856. The molecule has 2 aromatic carbocycles. The minimum absolute atomic E-state index is 0.889. The van der Waals surface area contributed by atoms with Crippen LogP contribution in [0.3, 0.4) is 0 Å². The molecule has 3 nitrogen and oxygen atoms in total. The number of pyridine rings is 1. The average molecular weight is 290 g/mol. The molecule has 0 atom stereocenters. The Morgan fingerprint density at radius 1 is 1.09 bits per heavy atom. The van der Waals surface area contributed by atoms with Crippen LogP contribution in [-0.2, 0) is 6.42 Å². The van der Waals surface area contributed by atoms with Crippen molar-refractivity contribution in [1.29, 1.82) is 0 Å². The van der Waals surface area contributed by atoms with Crippen molar-refractivity contribution < 1.29 is 4.74 Å². The van der Waals surface area contributed by atoms with Gasteiger partial charge in [0.2, 0.25) is 0 Å². The van der Waals surface area contributed by atoms with Crippen LogP contribution in [0.5, 0.6) is 5.75 Å². The second-order valence-corrected chi connectivity index (χ2v) is 5.63. The van der Waals surface area contributed by atoms with Gasteiger partial charge >= 0.3 is 0 Å². The molecular formula is C19H18N2O. The van der Waals surface area contributed by atoms with E-state index in [9.17, 15) is 0 Å². The highest BCUT2D eigenvalue weighted by Crippen LogP contribution is 2.43. The van der Waals surface area contributed by atoms with Crippen molar-refractivity contribution >= 4 is 16.6 Å². The third-order valence-corrected chi connectivity index (χ3v) is 4.38. The summed E-state index contributed by atoms with van der Waals surface area (Å²) in [6, 6.07) is 14.5. The fourth-order valence-corrected chi connectivity index (χ4v) is 3.37. The first-order chi connectivity index (χ1) is 10.8. The molecule has 0 fully saturated rings. The number of hydrogen-bond donors (Lipinski definition) is 1. The smallest absolute Gasteiger partial charge is 0.127 e. The molecule has 2 heterocycles. The highest BCUT2D eigenvalue weighted by Gasteiger charge is 2.22. The van der Waals surface area contributed by atoms with Crippen LogP contribution < -0.4 is 10.1 Å². The zero-order valence-electron chi connectivity index (χ0n) is 12.8. The predicted octanol–water partition coefficient (Wildman–Crippen LogP) is 4.19. The van der Waals surface area contributed by atoms with E-state index in [4.69, 9.17) is 9.72 Å². The summed E-state index contributed by atoms with van der Waals surface area (Å²) in [4.78, 5) is 4.81. The first-order valence-electron chi connectivity index (χ1n) is 7.59. The highest BCUT2D eigenvalue weighted by molar-refractivity contribution is 6.07. The SMILES string of the molecule is COc1ccc2nc(C)c3c(c2c1-c1ccccc1)NCC3. The van der Waals surface area contributed by atoms with Crippen LogP contribution in [0.1, 0.15) is 11.3 Å². The van der Waals surface area contributed by atoms with Gasteiger partial charge in [-0.2, -0.15) is 0 Å². The summed E-state index contributed by atoms with van der Waals surface area (Å²) >= 11 is 0. The van der Waals surface area contributed by atoms with Crippen LogP contribution in [-0.4, -0.2) is 18.6 Å². The van der Waals surface area contributed by atoms with Gasteiger partial charge in [0.15, 0.2) is 0 Å². The molecule has 22 heavy (non-hydrogen) atoms. The molecule has 1 aromatic heterocycles. The van der Waals surface area contributed by atoms with Gasteiger partial charge in [0.25, 0.3) is 0 Å². The lowest BCUT2D eigenvalue weighted by molar-refractivity contribution is 0.417. The Kier molecular flexibility index (Phi) is 3.00. The summed E-state index contributed by atoms with van der Waals surface area (Å²) in [5.74, 6) is 0.889. The Labute approximate surface area is 130 Å². The van der Waals surface area contributed by atoms with Crippen molar-refractivity contribution in [1.82, 2.24) is 4.98 Å². The number of methoxy groups -OCH3 is 1. The Balaban J connectivity index is 2.15. The summed E-state index contributed by atoms with van der Waals surface area (Å²) in [6.45, 7) is 3.07. The van der Waals surface area contributed by atoms with Crippen LogP contribution >= 0.6 is 0 Å². The topological polar surface area (TPSA) is 34.1 Å². The number of ether oxygens (including phenoxy) is 1. The quantitative estimate of drug-likeness (QED) is 0.768. The van der Waals surface area contributed by atoms with Crippen molar-refractivity contribution in [2.24, 2.45) is 0 Å². The van der Waals surface area contributed by atoms with Gasteiger partial charge in [-0.05, 0) is 36.6 Å². The number of aromatic nitrogens is 1. The lowest BCUT2D eigenvalue weighted by atomic mass is 9.96. The molecule has 1 aliphatic heterocycles. The maximum absolute atomic E-state index is 5.64. The molecule has 3 heteroatoms. The molecule has 0 bridgehead atoms. The van der Waals surface area contributed by atoms with Gasteiger partial charge in [-0.1, -0.05) is 30.3 Å². The zero-order valence-corrected chi connectivity index (χ0v) is 12.8. The number of fused-ring (bicyclic) bond motifs is 3. The Hall–Kier alpha value is -2.55. The number of hydrogen-bond acceptors (Lipinski definition) is 3. The van der Waals surface area contributed by atoms with E-state index < -0.39 is 0 Å². The van der Waals surface area contributed by atoms with Crippen LogP contribution in [0.2, 0.25) is 0 Å². The van der Waals surface area contributed by atoms with E-state index in [1.165, 1.54) is 16.6 Å². The van der Waals surface area contributed by atoms with Crippen LogP contribution in [0.4, 0.5) is 5.69 Å². The maximum atomic E-state index is 5.64.